The summed E-state index contributed by atoms with van der Waals surface area (Å²) in [5.41, 5.74) is 1.23. The molecule has 0 unspecified atom stereocenters. The molecule has 0 aliphatic carbocycles. The highest BCUT2D eigenvalue weighted by atomic mass is 16.5. The first-order valence-corrected chi connectivity index (χ1v) is 4.56. The summed E-state index contributed by atoms with van der Waals surface area (Å²) in [6.45, 7) is 1.50. The summed E-state index contributed by atoms with van der Waals surface area (Å²) >= 11 is 0. The monoisotopic (exact) mass is 195 g/mol. The SMILES string of the molecule is COCN(C)Cc1cccc(OC)c1. The average Bonchev–Trinajstić information content (AvgIpc) is 2.18. The zero-order valence-corrected chi connectivity index (χ0v) is 8.99. The normalized spacial score (nSPS) is 10.6. The Morgan fingerprint density at radius 3 is 2.71 bits per heavy atom. The Labute approximate surface area is 85.2 Å². The smallest absolute Gasteiger partial charge is 0.119 e. The topological polar surface area (TPSA) is 21.7 Å². The molecule has 1 aromatic rings. The lowest BCUT2D eigenvalue weighted by molar-refractivity contribution is 0.0771. The second kappa shape index (κ2) is 5.62. The van der Waals surface area contributed by atoms with Gasteiger partial charge in [-0.15, -0.1) is 0 Å². The van der Waals surface area contributed by atoms with Crippen molar-refractivity contribution in [3.63, 3.8) is 0 Å². The molecule has 3 nitrogen and oxygen atoms in total. The van der Waals surface area contributed by atoms with E-state index >= 15 is 0 Å². The van der Waals surface area contributed by atoms with Crippen LogP contribution in [-0.2, 0) is 11.3 Å². The average molecular weight is 195 g/mol. The molecule has 78 valence electrons. The van der Waals surface area contributed by atoms with Gasteiger partial charge in [-0.2, -0.15) is 0 Å². The van der Waals surface area contributed by atoms with Gasteiger partial charge in [0.25, 0.3) is 0 Å². The molecule has 0 fully saturated rings. The lowest BCUT2D eigenvalue weighted by Gasteiger charge is -2.15. The molecular weight excluding hydrogens is 178 g/mol. The summed E-state index contributed by atoms with van der Waals surface area (Å²) in [5, 5.41) is 0. The number of hydrogen-bond donors (Lipinski definition) is 0. The molecule has 0 heterocycles. The van der Waals surface area contributed by atoms with E-state index < -0.39 is 0 Å². The quantitative estimate of drug-likeness (QED) is 0.668. The molecule has 1 rings (SSSR count). The third-order valence-corrected chi connectivity index (χ3v) is 1.94. The van der Waals surface area contributed by atoms with Crippen molar-refractivity contribution in [2.24, 2.45) is 0 Å². The maximum Gasteiger partial charge on any atom is 0.119 e. The third kappa shape index (κ3) is 3.36. The van der Waals surface area contributed by atoms with Gasteiger partial charge in [-0.3, -0.25) is 4.90 Å². The fourth-order valence-electron chi connectivity index (χ4n) is 1.35. The van der Waals surface area contributed by atoms with E-state index in [1.165, 1.54) is 5.56 Å². The minimum absolute atomic E-state index is 0.636. The maximum atomic E-state index is 5.15. The van der Waals surface area contributed by atoms with Crippen molar-refractivity contribution >= 4 is 0 Å². The summed E-state index contributed by atoms with van der Waals surface area (Å²) in [7, 11) is 5.39. The minimum Gasteiger partial charge on any atom is -0.497 e. The predicted octanol–water partition coefficient (Wildman–Crippen LogP) is 1.73. The van der Waals surface area contributed by atoms with Crippen LogP contribution in [0.25, 0.3) is 0 Å². The molecule has 14 heavy (non-hydrogen) atoms. The van der Waals surface area contributed by atoms with E-state index in [9.17, 15) is 0 Å². The lowest BCUT2D eigenvalue weighted by atomic mass is 10.2. The molecule has 0 aliphatic heterocycles. The Morgan fingerprint density at radius 1 is 1.29 bits per heavy atom. The zero-order chi connectivity index (χ0) is 10.4. The van der Waals surface area contributed by atoms with Gasteiger partial charge in [-0.1, -0.05) is 12.1 Å². The van der Waals surface area contributed by atoms with E-state index in [-0.39, 0.29) is 0 Å². The number of methoxy groups -OCH3 is 2. The van der Waals surface area contributed by atoms with Crippen LogP contribution in [0.5, 0.6) is 5.75 Å². The fraction of sp³-hybridized carbons (Fsp3) is 0.455. The Kier molecular flexibility index (Phi) is 4.43. The molecule has 0 N–H and O–H groups in total. The summed E-state index contributed by atoms with van der Waals surface area (Å²) in [6.07, 6.45) is 0. The van der Waals surface area contributed by atoms with Gasteiger partial charge in [-0.05, 0) is 24.7 Å². The van der Waals surface area contributed by atoms with Gasteiger partial charge in [0.05, 0.1) is 13.8 Å². The standard InChI is InChI=1S/C11H17NO2/c1-12(9-13-2)8-10-5-4-6-11(7-10)14-3/h4-7H,8-9H2,1-3H3. The largest absolute Gasteiger partial charge is 0.497 e. The Morgan fingerprint density at radius 2 is 2.07 bits per heavy atom. The van der Waals surface area contributed by atoms with Crippen molar-refractivity contribution in [2.75, 3.05) is 28.0 Å². The van der Waals surface area contributed by atoms with Gasteiger partial charge in [0.2, 0.25) is 0 Å². The molecule has 0 spiro atoms. The zero-order valence-electron chi connectivity index (χ0n) is 8.99. The van der Waals surface area contributed by atoms with Crippen LogP contribution in [0.2, 0.25) is 0 Å². The van der Waals surface area contributed by atoms with Crippen molar-refractivity contribution in [3.05, 3.63) is 29.8 Å². The number of rotatable bonds is 5. The van der Waals surface area contributed by atoms with E-state index in [0.29, 0.717) is 6.73 Å². The molecule has 0 amide bonds. The third-order valence-electron chi connectivity index (χ3n) is 1.94. The number of benzene rings is 1. The van der Waals surface area contributed by atoms with Crippen LogP contribution in [0.15, 0.2) is 24.3 Å². The van der Waals surface area contributed by atoms with Gasteiger partial charge in [0, 0.05) is 13.7 Å². The fourth-order valence-corrected chi connectivity index (χ4v) is 1.35. The number of nitrogens with zero attached hydrogens (tertiary/aromatic N) is 1. The van der Waals surface area contributed by atoms with E-state index in [2.05, 4.69) is 11.0 Å². The first-order valence-electron chi connectivity index (χ1n) is 4.56. The number of hydrogen-bond acceptors (Lipinski definition) is 3. The van der Waals surface area contributed by atoms with Gasteiger partial charge in [0.1, 0.15) is 5.75 Å². The van der Waals surface area contributed by atoms with E-state index in [1.807, 2.05) is 25.2 Å². The Hall–Kier alpha value is -1.06. The second-order valence-corrected chi connectivity index (χ2v) is 3.28. The van der Waals surface area contributed by atoms with Gasteiger partial charge < -0.3 is 9.47 Å². The summed E-state index contributed by atoms with van der Waals surface area (Å²) in [4.78, 5) is 2.09. The highest BCUT2D eigenvalue weighted by molar-refractivity contribution is 5.28. The van der Waals surface area contributed by atoms with Crippen molar-refractivity contribution in [1.82, 2.24) is 4.90 Å². The van der Waals surface area contributed by atoms with Gasteiger partial charge in [0.15, 0.2) is 0 Å². The van der Waals surface area contributed by atoms with Crippen LogP contribution in [0.1, 0.15) is 5.56 Å². The molecule has 0 atom stereocenters. The Balaban J connectivity index is 2.57. The summed E-state index contributed by atoms with van der Waals surface area (Å²) < 4.78 is 10.2. The van der Waals surface area contributed by atoms with Crippen LogP contribution in [0.3, 0.4) is 0 Å². The highest BCUT2D eigenvalue weighted by Crippen LogP contribution is 2.13. The summed E-state index contributed by atoms with van der Waals surface area (Å²) in [6, 6.07) is 8.05. The van der Waals surface area contributed by atoms with E-state index in [1.54, 1.807) is 14.2 Å². The van der Waals surface area contributed by atoms with E-state index in [4.69, 9.17) is 9.47 Å². The van der Waals surface area contributed by atoms with Crippen LogP contribution in [0.4, 0.5) is 0 Å². The van der Waals surface area contributed by atoms with Crippen LogP contribution >= 0.6 is 0 Å². The predicted molar refractivity (Wildman–Crippen MR) is 56.3 cm³/mol. The van der Waals surface area contributed by atoms with Crippen molar-refractivity contribution in [2.45, 2.75) is 6.54 Å². The molecule has 3 heteroatoms. The van der Waals surface area contributed by atoms with Crippen molar-refractivity contribution < 1.29 is 9.47 Å². The van der Waals surface area contributed by atoms with Crippen LogP contribution in [-0.4, -0.2) is 32.9 Å². The van der Waals surface area contributed by atoms with Crippen LogP contribution in [0, 0.1) is 0 Å². The lowest BCUT2D eigenvalue weighted by Crippen LogP contribution is -2.20. The molecule has 0 saturated heterocycles. The van der Waals surface area contributed by atoms with Gasteiger partial charge >= 0.3 is 0 Å². The minimum atomic E-state index is 0.636. The molecule has 0 radical (unpaired) electrons. The second-order valence-electron chi connectivity index (χ2n) is 3.28. The molecule has 0 saturated carbocycles. The molecule has 0 bridgehead atoms. The van der Waals surface area contributed by atoms with Crippen molar-refractivity contribution in [3.8, 4) is 5.75 Å². The summed E-state index contributed by atoms with van der Waals surface area (Å²) in [5.74, 6) is 0.897. The molecule has 0 aliphatic rings. The Bertz CT molecular complexity index is 276. The van der Waals surface area contributed by atoms with Crippen molar-refractivity contribution in [1.29, 1.82) is 0 Å². The first-order chi connectivity index (χ1) is 6.76. The first kappa shape index (κ1) is 11.0. The van der Waals surface area contributed by atoms with Gasteiger partial charge in [-0.25, -0.2) is 0 Å². The maximum absolute atomic E-state index is 5.15. The number of ether oxygens (including phenoxy) is 2. The molecular formula is C11H17NO2. The van der Waals surface area contributed by atoms with E-state index in [0.717, 1.165) is 12.3 Å². The highest BCUT2D eigenvalue weighted by Gasteiger charge is 2.00. The molecule has 1 aromatic carbocycles. The van der Waals surface area contributed by atoms with Crippen LogP contribution < -0.4 is 4.74 Å². The molecule has 0 aromatic heterocycles.